The van der Waals surface area contributed by atoms with Crippen molar-refractivity contribution in [3.8, 4) is 0 Å². The summed E-state index contributed by atoms with van der Waals surface area (Å²) in [6, 6.07) is 0.479. The van der Waals surface area contributed by atoms with Crippen LogP contribution < -0.4 is 5.32 Å². The van der Waals surface area contributed by atoms with Crippen LogP contribution in [0.25, 0.3) is 0 Å². The third kappa shape index (κ3) is 6.10. The average molecular weight is 267 g/mol. The third-order valence-electron chi connectivity index (χ3n) is 3.15. The van der Waals surface area contributed by atoms with Crippen molar-refractivity contribution in [1.29, 1.82) is 0 Å². The molecule has 0 fully saturated rings. The molecule has 1 heterocycles. The van der Waals surface area contributed by atoms with Crippen LogP contribution in [-0.4, -0.2) is 28.8 Å². The molecule has 1 unspecified atom stereocenters. The van der Waals surface area contributed by atoms with E-state index in [1.807, 2.05) is 13.8 Å². The lowest BCUT2D eigenvalue weighted by Crippen LogP contribution is -2.18. The minimum Gasteiger partial charge on any atom is -0.382 e. The van der Waals surface area contributed by atoms with Gasteiger partial charge in [-0.1, -0.05) is 19.8 Å². The first kappa shape index (κ1) is 16.0. The molecule has 0 bridgehead atoms. The minimum absolute atomic E-state index is 0.479. The van der Waals surface area contributed by atoms with Gasteiger partial charge in [0.15, 0.2) is 0 Å². The Morgan fingerprint density at radius 1 is 1.37 bits per heavy atom. The Labute approximate surface area is 117 Å². The topological polar surface area (TPSA) is 39.1 Å². The molecule has 0 aliphatic rings. The number of rotatable bonds is 10. The largest absolute Gasteiger partial charge is 0.382 e. The molecule has 0 aliphatic carbocycles. The Morgan fingerprint density at radius 2 is 2.16 bits per heavy atom. The summed E-state index contributed by atoms with van der Waals surface area (Å²) in [4.78, 5) is 4.57. The van der Waals surface area contributed by atoms with Crippen LogP contribution in [-0.2, 0) is 11.3 Å². The molecule has 0 spiro atoms. The van der Waals surface area contributed by atoms with Gasteiger partial charge >= 0.3 is 0 Å². The van der Waals surface area contributed by atoms with Crippen LogP contribution in [0.5, 0.6) is 0 Å². The number of hydrogen-bond donors (Lipinski definition) is 1. The maximum absolute atomic E-state index is 5.38. The predicted octanol–water partition coefficient (Wildman–Crippen LogP) is 3.61. The molecule has 1 N–H and O–H groups in total. The van der Waals surface area contributed by atoms with Crippen molar-refractivity contribution in [3.05, 3.63) is 11.9 Å². The third-order valence-corrected chi connectivity index (χ3v) is 3.15. The number of aryl methyl sites for hydroxylation is 2. The Morgan fingerprint density at radius 3 is 2.84 bits per heavy atom. The molecule has 19 heavy (non-hydrogen) atoms. The lowest BCUT2D eigenvalue weighted by Gasteiger charge is -2.15. The number of imidazole rings is 1. The quantitative estimate of drug-likeness (QED) is 0.658. The summed E-state index contributed by atoms with van der Waals surface area (Å²) in [5.41, 5.74) is 1.07. The number of anilines is 1. The Kier molecular flexibility index (Phi) is 7.56. The fraction of sp³-hybridized carbons (Fsp3) is 0.800. The van der Waals surface area contributed by atoms with Crippen LogP contribution in [0.1, 0.15) is 52.1 Å². The highest BCUT2D eigenvalue weighted by Crippen LogP contribution is 2.13. The van der Waals surface area contributed by atoms with E-state index in [4.69, 9.17) is 4.74 Å². The van der Waals surface area contributed by atoms with Crippen molar-refractivity contribution in [2.45, 2.75) is 66.0 Å². The Bertz CT molecular complexity index is 349. The molecule has 1 aromatic rings. The van der Waals surface area contributed by atoms with E-state index in [2.05, 4.69) is 34.9 Å². The molecule has 0 amide bonds. The monoisotopic (exact) mass is 267 g/mol. The summed E-state index contributed by atoms with van der Waals surface area (Å²) in [7, 11) is 0. The Hall–Kier alpha value is -1.03. The van der Waals surface area contributed by atoms with E-state index in [9.17, 15) is 0 Å². The first-order chi connectivity index (χ1) is 9.17. The molecular weight excluding hydrogens is 238 g/mol. The first-order valence-corrected chi connectivity index (χ1v) is 7.55. The lowest BCUT2D eigenvalue weighted by atomic mass is 10.1. The van der Waals surface area contributed by atoms with E-state index in [1.54, 1.807) is 0 Å². The highest BCUT2D eigenvalue weighted by atomic mass is 16.5. The normalized spacial score (nSPS) is 12.6. The van der Waals surface area contributed by atoms with Gasteiger partial charge in [-0.25, -0.2) is 4.98 Å². The van der Waals surface area contributed by atoms with Crippen molar-refractivity contribution in [3.63, 3.8) is 0 Å². The number of nitrogens with zero attached hydrogens (tertiary/aromatic N) is 2. The molecular formula is C15H29N3O. The van der Waals surface area contributed by atoms with E-state index in [1.165, 1.54) is 19.3 Å². The van der Waals surface area contributed by atoms with Gasteiger partial charge < -0.3 is 14.6 Å². The molecule has 1 atom stereocenters. The number of ether oxygens (including phenoxy) is 1. The molecule has 0 saturated carbocycles. The molecule has 0 saturated heterocycles. The first-order valence-electron chi connectivity index (χ1n) is 7.55. The molecule has 0 radical (unpaired) electrons. The van der Waals surface area contributed by atoms with Gasteiger partial charge in [0.1, 0.15) is 0 Å². The smallest absolute Gasteiger partial charge is 0.203 e. The summed E-state index contributed by atoms with van der Waals surface area (Å²) in [6.45, 7) is 11.1. The van der Waals surface area contributed by atoms with Crippen LogP contribution in [0.15, 0.2) is 6.20 Å². The lowest BCUT2D eigenvalue weighted by molar-refractivity contribution is 0.142. The molecule has 1 rings (SSSR count). The summed E-state index contributed by atoms with van der Waals surface area (Å²) in [5, 5.41) is 3.52. The molecule has 0 aliphatic heterocycles. The van der Waals surface area contributed by atoms with E-state index in [0.717, 1.165) is 37.8 Å². The van der Waals surface area contributed by atoms with Gasteiger partial charge in [0.2, 0.25) is 5.95 Å². The second kappa shape index (κ2) is 8.97. The molecule has 1 aromatic heterocycles. The van der Waals surface area contributed by atoms with Gasteiger partial charge in [0, 0.05) is 32.0 Å². The summed E-state index contributed by atoms with van der Waals surface area (Å²) in [5.74, 6) is 0.998. The average Bonchev–Trinajstić information content (AvgIpc) is 2.72. The van der Waals surface area contributed by atoms with Crippen molar-refractivity contribution in [2.24, 2.45) is 0 Å². The van der Waals surface area contributed by atoms with E-state index < -0.39 is 0 Å². The van der Waals surface area contributed by atoms with Crippen LogP contribution >= 0.6 is 0 Å². The van der Waals surface area contributed by atoms with Gasteiger partial charge in [-0.2, -0.15) is 0 Å². The number of nitrogens with one attached hydrogen (secondary N) is 1. The fourth-order valence-corrected chi connectivity index (χ4v) is 2.12. The fourth-order valence-electron chi connectivity index (χ4n) is 2.12. The summed E-state index contributed by atoms with van der Waals surface area (Å²) >= 11 is 0. The molecule has 4 heteroatoms. The standard InChI is InChI=1S/C15H29N3O/c1-5-7-9-13(3)16-15-17-14(4)12-18(15)10-8-11-19-6-2/h12-13H,5-11H2,1-4H3,(H,16,17). The van der Waals surface area contributed by atoms with Crippen molar-refractivity contribution in [2.75, 3.05) is 18.5 Å². The zero-order chi connectivity index (χ0) is 14.1. The summed E-state index contributed by atoms with van der Waals surface area (Å²) < 4.78 is 7.59. The van der Waals surface area contributed by atoms with E-state index in [0.29, 0.717) is 6.04 Å². The van der Waals surface area contributed by atoms with E-state index in [-0.39, 0.29) is 0 Å². The molecule has 0 aromatic carbocycles. The second-order valence-electron chi connectivity index (χ2n) is 5.14. The molecule has 110 valence electrons. The predicted molar refractivity (Wildman–Crippen MR) is 80.7 cm³/mol. The zero-order valence-electron chi connectivity index (χ0n) is 12.9. The highest BCUT2D eigenvalue weighted by Gasteiger charge is 2.08. The maximum Gasteiger partial charge on any atom is 0.203 e. The van der Waals surface area contributed by atoms with Gasteiger partial charge in [0.25, 0.3) is 0 Å². The minimum atomic E-state index is 0.479. The van der Waals surface area contributed by atoms with Crippen LogP contribution in [0, 0.1) is 6.92 Å². The number of aromatic nitrogens is 2. The second-order valence-corrected chi connectivity index (χ2v) is 5.14. The maximum atomic E-state index is 5.38. The van der Waals surface area contributed by atoms with Crippen molar-refractivity contribution in [1.82, 2.24) is 9.55 Å². The van der Waals surface area contributed by atoms with Gasteiger partial charge in [-0.15, -0.1) is 0 Å². The van der Waals surface area contributed by atoms with E-state index >= 15 is 0 Å². The van der Waals surface area contributed by atoms with Crippen LogP contribution in [0.2, 0.25) is 0 Å². The van der Waals surface area contributed by atoms with Crippen LogP contribution in [0.4, 0.5) is 5.95 Å². The number of hydrogen-bond acceptors (Lipinski definition) is 3. The molecule has 4 nitrogen and oxygen atoms in total. The van der Waals surface area contributed by atoms with Crippen LogP contribution in [0.3, 0.4) is 0 Å². The summed E-state index contributed by atoms with van der Waals surface area (Å²) in [6.07, 6.45) is 6.84. The van der Waals surface area contributed by atoms with Gasteiger partial charge in [-0.3, -0.25) is 0 Å². The van der Waals surface area contributed by atoms with Crippen molar-refractivity contribution < 1.29 is 4.74 Å². The SMILES string of the molecule is CCCCC(C)Nc1nc(C)cn1CCCOCC. The highest BCUT2D eigenvalue weighted by molar-refractivity contribution is 5.29. The zero-order valence-corrected chi connectivity index (χ0v) is 12.9. The van der Waals surface area contributed by atoms with Crippen molar-refractivity contribution >= 4 is 5.95 Å². The van der Waals surface area contributed by atoms with Gasteiger partial charge in [0.05, 0.1) is 5.69 Å². The number of unbranched alkanes of at least 4 members (excludes halogenated alkanes) is 1. The Balaban J connectivity index is 2.47. The van der Waals surface area contributed by atoms with Gasteiger partial charge in [-0.05, 0) is 33.6 Å².